The Labute approximate surface area is 161 Å². The van der Waals surface area contributed by atoms with Crippen LogP contribution in [0.1, 0.15) is 12.5 Å². The zero-order valence-corrected chi connectivity index (χ0v) is 16.0. The van der Waals surface area contributed by atoms with Gasteiger partial charge in [-0.1, -0.05) is 12.1 Å². The van der Waals surface area contributed by atoms with Crippen LogP contribution in [-0.4, -0.2) is 36.7 Å². The first-order valence-corrected chi connectivity index (χ1v) is 9.15. The first-order valence-electron chi connectivity index (χ1n) is 8.34. The number of carbonyl (C=O) groups excluding carboxylic acids is 1. The summed E-state index contributed by atoms with van der Waals surface area (Å²) in [7, 11) is 3.12. The number of methoxy groups -OCH3 is 2. The summed E-state index contributed by atoms with van der Waals surface area (Å²) in [6.45, 7) is 2.37. The Kier molecular flexibility index (Phi) is 5.81. The number of likely N-dealkylation sites (N-methyl/N-ethyl adjacent to an activating group) is 1. The predicted octanol–water partition coefficient (Wildman–Crippen LogP) is 4.47. The predicted molar refractivity (Wildman–Crippen MR) is 106 cm³/mol. The van der Waals surface area contributed by atoms with Crippen molar-refractivity contribution in [1.82, 2.24) is 4.90 Å². The molecular formula is C20H19FN2O3S. The molecule has 1 aliphatic rings. The van der Waals surface area contributed by atoms with Gasteiger partial charge in [-0.2, -0.15) is 0 Å². The van der Waals surface area contributed by atoms with E-state index in [2.05, 4.69) is 4.99 Å². The van der Waals surface area contributed by atoms with Crippen molar-refractivity contribution >= 4 is 34.6 Å². The maximum Gasteiger partial charge on any atom is 0.266 e. The fourth-order valence-electron chi connectivity index (χ4n) is 2.66. The summed E-state index contributed by atoms with van der Waals surface area (Å²) in [6.07, 6.45) is 1.77. The van der Waals surface area contributed by atoms with E-state index in [4.69, 9.17) is 9.47 Å². The van der Waals surface area contributed by atoms with Crippen molar-refractivity contribution in [3.8, 4) is 11.5 Å². The number of hydrogen-bond donors (Lipinski definition) is 0. The van der Waals surface area contributed by atoms with E-state index in [1.165, 1.54) is 23.9 Å². The van der Waals surface area contributed by atoms with E-state index >= 15 is 0 Å². The molecule has 3 rings (SSSR count). The van der Waals surface area contributed by atoms with E-state index in [1.807, 2.05) is 19.1 Å². The van der Waals surface area contributed by atoms with Gasteiger partial charge in [0.05, 0.1) is 24.8 Å². The lowest BCUT2D eigenvalue weighted by molar-refractivity contribution is -0.122. The SMILES string of the molecule is CCN1C(=O)/C(=C\c2cccc(OC)c2OC)SC1=Nc1ccc(F)cc1. The number of nitrogens with zero attached hydrogens (tertiary/aromatic N) is 2. The first kappa shape index (κ1) is 19.0. The number of halogens is 1. The first-order chi connectivity index (χ1) is 13.1. The molecule has 0 aromatic heterocycles. The van der Waals surface area contributed by atoms with Crippen molar-refractivity contribution in [1.29, 1.82) is 0 Å². The molecule has 140 valence electrons. The molecule has 7 heteroatoms. The normalized spacial score (nSPS) is 17.0. The summed E-state index contributed by atoms with van der Waals surface area (Å²) < 4.78 is 23.8. The van der Waals surface area contributed by atoms with Crippen LogP contribution < -0.4 is 9.47 Å². The maximum atomic E-state index is 13.1. The minimum atomic E-state index is -0.327. The summed E-state index contributed by atoms with van der Waals surface area (Å²) in [5, 5.41) is 0.558. The molecular weight excluding hydrogens is 367 g/mol. The van der Waals surface area contributed by atoms with Crippen LogP contribution in [0, 0.1) is 5.82 Å². The van der Waals surface area contributed by atoms with Gasteiger partial charge < -0.3 is 9.47 Å². The van der Waals surface area contributed by atoms with Crippen LogP contribution in [0.2, 0.25) is 0 Å². The molecule has 0 aliphatic carbocycles. The molecule has 1 fully saturated rings. The minimum absolute atomic E-state index is 0.131. The van der Waals surface area contributed by atoms with Gasteiger partial charge in [0, 0.05) is 12.1 Å². The Bertz CT molecular complexity index is 910. The fraction of sp³-hybridized carbons (Fsp3) is 0.200. The van der Waals surface area contributed by atoms with Gasteiger partial charge in [0.1, 0.15) is 5.82 Å². The second kappa shape index (κ2) is 8.26. The molecule has 1 saturated heterocycles. The van der Waals surface area contributed by atoms with E-state index in [9.17, 15) is 9.18 Å². The van der Waals surface area contributed by atoms with E-state index in [0.717, 1.165) is 5.56 Å². The molecule has 0 unspecified atom stereocenters. The summed E-state index contributed by atoms with van der Waals surface area (Å²) in [4.78, 5) is 19.4. The van der Waals surface area contributed by atoms with Crippen molar-refractivity contribution in [3.05, 3.63) is 58.8 Å². The molecule has 2 aromatic carbocycles. The molecule has 0 N–H and O–H groups in total. The highest BCUT2D eigenvalue weighted by molar-refractivity contribution is 8.18. The number of amides is 1. The van der Waals surface area contributed by atoms with Gasteiger partial charge in [0.25, 0.3) is 5.91 Å². The van der Waals surface area contributed by atoms with Crippen molar-refractivity contribution in [2.24, 2.45) is 4.99 Å². The van der Waals surface area contributed by atoms with Gasteiger partial charge in [0.2, 0.25) is 0 Å². The quantitative estimate of drug-likeness (QED) is 0.712. The summed E-state index contributed by atoms with van der Waals surface area (Å²) >= 11 is 1.28. The Morgan fingerprint density at radius 1 is 1.15 bits per heavy atom. The second-order valence-corrected chi connectivity index (χ2v) is 6.62. The van der Waals surface area contributed by atoms with Crippen molar-refractivity contribution in [3.63, 3.8) is 0 Å². The molecule has 0 spiro atoms. The largest absolute Gasteiger partial charge is 0.493 e. The smallest absolute Gasteiger partial charge is 0.266 e. The third-order valence-electron chi connectivity index (χ3n) is 3.98. The lowest BCUT2D eigenvalue weighted by atomic mass is 10.1. The van der Waals surface area contributed by atoms with Crippen molar-refractivity contribution < 1.29 is 18.7 Å². The number of aliphatic imine (C=N–C) groups is 1. The molecule has 27 heavy (non-hydrogen) atoms. The van der Waals surface area contributed by atoms with Crippen LogP contribution in [0.15, 0.2) is 52.4 Å². The number of amidine groups is 1. The van der Waals surface area contributed by atoms with E-state index in [-0.39, 0.29) is 11.7 Å². The standard InChI is InChI=1S/C20H19FN2O3S/c1-4-23-19(24)17(12-13-6-5-7-16(25-2)18(13)26-3)27-20(23)22-15-10-8-14(21)9-11-15/h5-12H,4H2,1-3H3/b17-12+,22-20?. The minimum Gasteiger partial charge on any atom is -0.493 e. The van der Waals surface area contributed by atoms with Gasteiger partial charge in [-0.05, 0) is 55.1 Å². The number of hydrogen-bond acceptors (Lipinski definition) is 5. The highest BCUT2D eigenvalue weighted by Gasteiger charge is 2.32. The molecule has 0 radical (unpaired) electrons. The third kappa shape index (κ3) is 3.98. The van der Waals surface area contributed by atoms with Crippen molar-refractivity contribution in [2.75, 3.05) is 20.8 Å². The summed E-state index contributed by atoms with van der Waals surface area (Å²) in [6, 6.07) is 11.3. The molecule has 2 aromatic rings. The van der Waals surface area contributed by atoms with Gasteiger partial charge in [-0.25, -0.2) is 9.38 Å². The number of thioether (sulfide) groups is 1. The maximum absolute atomic E-state index is 13.1. The number of carbonyl (C=O) groups is 1. The molecule has 1 heterocycles. The van der Waals surface area contributed by atoms with Gasteiger partial charge in [-0.3, -0.25) is 9.69 Å². The zero-order chi connectivity index (χ0) is 19.4. The van der Waals surface area contributed by atoms with Gasteiger partial charge in [-0.15, -0.1) is 0 Å². The molecule has 0 bridgehead atoms. The third-order valence-corrected chi connectivity index (χ3v) is 4.98. The molecule has 1 amide bonds. The van der Waals surface area contributed by atoms with Crippen LogP contribution in [0.5, 0.6) is 11.5 Å². The van der Waals surface area contributed by atoms with E-state index in [0.29, 0.717) is 33.8 Å². The average molecular weight is 386 g/mol. The molecule has 0 atom stereocenters. The summed E-state index contributed by atoms with van der Waals surface area (Å²) in [5.41, 5.74) is 1.33. The van der Waals surface area contributed by atoms with Crippen LogP contribution in [0.3, 0.4) is 0 Å². The zero-order valence-electron chi connectivity index (χ0n) is 15.2. The van der Waals surface area contributed by atoms with E-state index < -0.39 is 0 Å². The van der Waals surface area contributed by atoms with Gasteiger partial charge >= 0.3 is 0 Å². The lowest BCUT2D eigenvalue weighted by Crippen LogP contribution is -2.28. The Hall–Kier alpha value is -2.80. The lowest BCUT2D eigenvalue weighted by Gasteiger charge is -2.12. The molecule has 1 aliphatic heterocycles. The fourth-order valence-corrected chi connectivity index (χ4v) is 3.72. The average Bonchev–Trinajstić information content (AvgIpc) is 2.97. The Balaban J connectivity index is 1.97. The molecule has 5 nitrogen and oxygen atoms in total. The number of benzene rings is 2. The highest BCUT2D eigenvalue weighted by atomic mass is 32.2. The second-order valence-electron chi connectivity index (χ2n) is 5.61. The monoisotopic (exact) mass is 386 g/mol. The molecule has 0 saturated carbocycles. The van der Waals surface area contributed by atoms with E-state index in [1.54, 1.807) is 43.4 Å². The number of ether oxygens (including phenoxy) is 2. The number of para-hydroxylation sites is 1. The van der Waals surface area contributed by atoms with Crippen LogP contribution in [-0.2, 0) is 4.79 Å². The van der Waals surface area contributed by atoms with Crippen LogP contribution in [0.4, 0.5) is 10.1 Å². The number of rotatable bonds is 5. The van der Waals surface area contributed by atoms with Crippen LogP contribution in [0.25, 0.3) is 6.08 Å². The Morgan fingerprint density at radius 3 is 2.52 bits per heavy atom. The highest BCUT2D eigenvalue weighted by Crippen LogP contribution is 2.37. The topological polar surface area (TPSA) is 51.1 Å². The Morgan fingerprint density at radius 2 is 1.89 bits per heavy atom. The van der Waals surface area contributed by atoms with Crippen LogP contribution >= 0.6 is 11.8 Å². The van der Waals surface area contributed by atoms with Crippen molar-refractivity contribution in [2.45, 2.75) is 6.92 Å². The summed E-state index contributed by atoms with van der Waals surface area (Å²) in [5.74, 6) is 0.697. The van der Waals surface area contributed by atoms with Gasteiger partial charge in [0.15, 0.2) is 16.7 Å².